The molecule has 0 N–H and O–H groups in total. The molecule has 1 unspecified atom stereocenters. The number of rotatable bonds is 63. The van der Waals surface area contributed by atoms with Gasteiger partial charge in [0.2, 0.25) is 0 Å². The summed E-state index contributed by atoms with van der Waals surface area (Å²) in [5.41, 5.74) is 0. The zero-order chi connectivity index (χ0) is 59.2. The SMILES string of the molecule is CC/C=C\C/C=C\C/C=C\C/C=C\C/C=C\C/C=C\CCCCCCC(=O)OC(COC(=O)CCCCCCCCCCCCCC/C=C\C/C=C\C/C=C\CCCCCCC)COC(=O)CCCCCCCCCCCCCCCC. The highest BCUT2D eigenvalue weighted by molar-refractivity contribution is 5.71. The van der Waals surface area contributed by atoms with Gasteiger partial charge >= 0.3 is 17.9 Å². The van der Waals surface area contributed by atoms with E-state index >= 15 is 0 Å². The quantitative estimate of drug-likeness (QED) is 0.0261. The predicted octanol–water partition coefficient (Wildman–Crippen LogP) is 24.2. The Morgan fingerprint density at radius 2 is 0.476 bits per heavy atom. The first-order valence-electron chi connectivity index (χ1n) is 34.9. The zero-order valence-electron chi connectivity index (χ0n) is 54.0. The van der Waals surface area contributed by atoms with Crippen LogP contribution in [-0.4, -0.2) is 37.2 Å². The molecule has 0 aliphatic heterocycles. The summed E-state index contributed by atoms with van der Waals surface area (Å²) in [4.78, 5) is 38.4. The van der Waals surface area contributed by atoms with Crippen molar-refractivity contribution in [3.8, 4) is 0 Å². The number of hydrogen-bond acceptors (Lipinski definition) is 6. The van der Waals surface area contributed by atoms with Crippen molar-refractivity contribution in [3.63, 3.8) is 0 Å². The van der Waals surface area contributed by atoms with E-state index in [1.807, 2.05) is 0 Å². The molecule has 0 aromatic carbocycles. The highest BCUT2D eigenvalue weighted by Gasteiger charge is 2.19. The van der Waals surface area contributed by atoms with E-state index in [-0.39, 0.29) is 31.1 Å². The summed E-state index contributed by atoms with van der Waals surface area (Å²) in [6.07, 6.45) is 95.3. The first-order chi connectivity index (χ1) is 40.5. The maximum Gasteiger partial charge on any atom is 0.306 e. The van der Waals surface area contributed by atoms with E-state index in [9.17, 15) is 14.4 Å². The second-order valence-electron chi connectivity index (χ2n) is 23.1. The molecule has 0 aromatic rings. The minimum Gasteiger partial charge on any atom is -0.462 e. The molecule has 0 amide bonds. The van der Waals surface area contributed by atoms with Crippen LogP contribution >= 0.6 is 0 Å². The van der Waals surface area contributed by atoms with Gasteiger partial charge in [-0.3, -0.25) is 14.4 Å². The van der Waals surface area contributed by atoms with Crippen LogP contribution in [0.3, 0.4) is 0 Å². The van der Waals surface area contributed by atoms with Gasteiger partial charge in [-0.05, 0) is 109 Å². The Balaban J connectivity index is 4.36. The number of ether oxygens (including phenoxy) is 3. The van der Waals surface area contributed by atoms with Gasteiger partial charge in [0.25, 0.3) is 0 Å². The summed E-state index contributed by atoms with van der Waals surface area (Å²) in [5, 5.41) is 0. The average molecular weight is 1140 g/mol. The van der Waals surface area contributed by atoms with Gasteiger partial charge in [-0.25, -0.2) is 0 Å². The van der Waals surface area contributed by atoms with Crippen LogP contribution in [0.4, 0.5) is 0 Å². The van der Waals surface area contributed by atoms with Gasteiger partial charge in [0.15, 0.2) is 6.10 Å². The van der Waals surface area contributed by atoms with Crippen LogP contribution in [-0.2, 0) is 28.6 Å². The fraction of sp³-hybridized carbons (Fsp3) is 0.724. The van der Waals surface area contributed by atoms with Crippen molar-refractivity contribution < 1.29 is 28.6 Å². The van der Waals surface area contributed by atoms with Crippen molar-refractivity contribution in [3.05, 3.63) is 109 Å². The summed E-state index contributed by atoms with van der Waals surface area (Å²) in [6.45, 7) is 6.53. The molecule has 0 aliphatic rings. The molecule has 6 nitrogen and oxygen atoms in total. The molecule has 470 valence electrons. The van der Waals surface area contributed by atoms with E-state index in [1.165, 1.54) is 173 Å². The number of unbranched alkanes of at least 4 members (excludes halogenated alkanes) is 34. The van der Waals surface area contributed by atoms with E-state index < -0.39 is 6.10 Å². The van der Waals surface area contributed by atoms with E-state index in [4.69, 9.17) is 14.2 Å². The van der Waals surface area contributed by atoms with Crippen molar-refractivity contribution in [2.24, 2.45) is 0 Å². The molecule has 0 aromatic heterocycles. The normalized spacial score (nSPS) is 12.8. The van der Waals surface area contributed by atoms with Gasteiger partial charge in [-0.15, -0.1) is 0 Å². The van der Waals surface area contributed by atoms with Crippen molar-refractivity contribution in [1.29, 1.82) is 0 Å². The van der Waals surface area contributed by atoms with Gasteiger partial charge in [0.1, 0.15) is 13.2 Å². The third-order valence-electron chi connectivity index (χ3n) is 15.0. The summed E-state index contributed by atoms with van der Waals surface area (Å²) >= 11 is 0. The Morgan fingerprint density at radius 3 is 0.744 bits per heavy atom. The average Bonchev–Trinajstić information content (AvgIpc) is 3.47. The third kappa shape index (κ3) is 66.9. The maximum absolute atomic E-state index is 12.9. The van der Waals surface area contributed by atoms with E-state index in [0.29, 0.717) is 19.3 Å². The second kappa shape index (κ2) is 69.6. The van der Waals surface area contributed by atoms with Crippen LogP contribution < -0.4 is 0 Å². The fourth-order valence-electron chi connectivity index (χ4n) is 9.81. The molecule has 0 saturated carbocycles. The van der Waals surface area contributed by atoms with Crippen LogP contribution in [0, 0.1) is 0 Å². The number of allylic oxidation sites excluding steroid dienone is 18. The van der Waals surface area contributed by atoms with Gasteiger partial charge in [0.05, 0.1) is 0 Å². The first-order valence-corrected chi connectivity index (χ1v) is 34.9. The summed E-state index contributed by atoms with van der Waals surface area (Å²) < 4.78 is 17.0. The minimum absolute atomic E-state index is 0.0870. The standard InChI is InChI=1S/C76H130O6/c1-4-7-10-13-16-19-22-25-28-30-32-34-36-37-38-39-41-42-44-46-48-51-54-57-60-63-66-69-75(78)81-72-73(71-80-74(77)68-65-62-59-56-53-50-27-24-21-18-15-12-9-6-3)82-76(79)70-67-64-61-58-55-52-49-47-45-43-40-35-33-31-29-26-23-20-17-14-11-8-5-2/h8,11,17,20,22,25-26,29-30,32-33,35-37,43,45,49,52,73H,4-7,9-10,12-16,18-19,21,23-24,27-28,31,34,38-42,44,46-48,50-51,53-72H2,1-3H3/b11-8-,20-17-,25-22-,29-26-,32-30-,35-33-,37-36-,45-43-,52-49-. The molecule has 0 heterocycles. The van der Waals surface area contributed by atoms with Gasteiger partial charge in [-0.1, -0.05) is 316 Å². The molecule has 0 rings (SSSR count). The Kier molecular flexibility index (Phi) is 66.2. The summed E-state index contributed by atoms with van der Waals surface area (Å²) in [7, 11) is 0. The van der Waals surface area contributed by atoms with Crippen molar-refractivity contribution in [1.82, 2.24) is 0 Å². The molecule has 82 heavy (non-hydrogen) atoms. The zero-order valence-corrected chi connectivity index (χ0v) is 54.0. The molecular formula is C76H130O6. The Morgan fingerprint density at radius 1 is 0.256 bits per heavy atom. The molecule has 0 aliphatic carbocycles. The van der Waals surface area contributed by atoms with Crippen LogP contribution in [0.2, 0.25) is 0 Å². The lowest BCUT2D eigenvalue weighted by molar-refractivity contribution is -0.167. The Hall–Kier alpha value is -3.93. The van der Waals surface area contributed by atoms with Crippen molar-refractivity contribution in [2.45, 2.75) is 341 Å². The van der Waals surface area contributed by atoms with Crippen molar-refractivity contribution in [2.75, 3.05) is 13.2 Å². The molecule has 0 radical (unpaired) electrons. The van der Waals surface area contributed by atoms with Gasteiger partial charge in [-0.2, -0.15) is 0 Å². The molecule has 0 spiro atoms. The third-order valence-corrected chi connectivity index (χ3v) is 15.0. The monoisotopic (exact) mass is 1140 g/mol. The Labute approximate surface area is 508 Å². The van der Waals surface area contributed by atoms with Gasteiger partial charge < -0.3 is 14.2 Å². The summed E-state index contributed by atoms with van der Waals surface area (Å²) in [6, 6.07) is 0. The first kappa shape index (κ1) is 78.1. The molecule has 0 bridgehead atoms. The van der Waals surface area contributed by atoms with Crippen LogP contribution in [0.25, 0.3) is 0 Å². The Bertz CT molecular complexity index is 1640. The molecule has 0 fully saturated rings. The fourth-order valence-corrected chi connectivity index (χ4v) is 9.81. The molecule has 1 atom stereocenters. The van der Waals surface area contributed by atoms with E-state index in [1.54, 1.807) is 0 Å². The van der Waals surface area contributed by atoms with Crippen LogP contribution in [0.5, 0.6) is 0 Å². The number of carbonyl (C=O) groups excluding carboxylic acids is 3. The van der Waals surface area contributed by atoms with E-state index in [2.05, 4.69) is 130 Å². The minimum atomic E-state index is -0.794. The van der Waals surface area contributed by atoms with E-state index in [0.717, 1.165) is 122 Å². The second-order valence-corrected chi connectivity index (χ2v) is 23.1. The van der Waals surface area contributed by atoms with Crippen molar-refractivity contribution >= 4 is 17.9 Å². The largest absolute Gasteiger partial charge is 0.462 e. The molecule has 0 saturated heterocycles. The highest BCUT2D eigenvalue weighted by Crippen LogP contribution is 2.17. The topological polar surface area (TPSA) is 78.9 Å². The summed E-state index contributed by atoms with van der Waals surface area (Å²) in [5.74, 6) is -0.901. The molecular weight excluding hydrogens is 1010 g/mol. The molecule has 6 heteroatoms. The lowest BCUT2D eigenvalue weighted by atomic mass is 10.0. The number of hydrogen-bond donors (Lipinski definition) is 0. The maximum atomic E-state index is 12.9. The smallest absolute Gasteiger partial charge is 0.306 e. The number of carbonyl (C=O) groups is 3. The predicted molar refractivity (Wildman–Crippen MR) is 357 cm³/mol. The number of esters is 3. The van der Waals surface area contributed by atoms with Crippen LogP contribution in [0.15, 0.2) is 109 Å². The lowest BCUT2D eigenvalue weighted by Crippen LogP contribution is -2.30. The van der Waals surface area contributed by atoms with Gasteiger partial charge in [0, 0.05) is 19.3 Å². The van der Waals surface area contributed by atoms with Crippen LogP contribution in [0.1, 0.15) is 335 Å². The lowest BCUT2D eigenvalue weighted by Gasteiger charge is -2.18. The highest BCUT2D eigenvalue weighted by atomic mass is 16.6.